The molecule has 1 unspecified atom stereocenters. The number of carbonyl (C=O) groups is 2. The Kier molecular flexibility index (Phi) is 5.26. The van der Waals surface area contributed by atoms with E-state index < -0.39 is 22.7 Å². The predicted octanol–water partition coefficient (Wildman–Crippen LogP) is 3.01. The van der Waals surface area contributed by atoms with Gasteiger partial charge < -0.3 is 14.8 Å². The summed E-state index contributed by atoms with van der Waals surface area (Å²) in [4.78, 5) is 33.2. The third-order valence-electron chi connectivity index (χ3n) is 2.35. The minimum absolute atomic E-state index is 0.0114. The van der Waals surface area contributed by atoms with E-state index in [1.165, 1.54) is 18.2 Å². The Hall–Kier alpha value is -2.15. The molecule has 8 heteroatoms. The molecule has 0 bridgehead atoms. The van der Waals surface area contributed by atoms with Crippen molar-refractivity contribution >= 4 is 29.7 Å². The molecule has 0 heterocycles. The van der Waals surface area contributed by atoms with Crippen molar-refractivity contribution in [3.05, 3.63) is 38.9 Å². The fourth-order valence-corrected chi connectivity index (χ4v) is 1.89. The average Bonchev–Trinajstić information content (AvgIpc) is 2.33. The molecular formula is C13H15ClN2O5. The molecule has 1 atom stereocenters. The molecule has 0 aliphatic heterocycles. The topological polar surface area (TPSA) is 98.5 Å². The van der Waals surface area contributed by atoms with Gasteiger partial charge in [-0.1, -0.05) is 17.7 Å². The standard InChI is InChI=1S/C13H15ClN2O5/c1-13(2,3)21-12(18)15-9(7-17)11-8(14)5-4-6-10(11)16(19)20/h4-7,9H,1-3H3,(H,15,18). The molecule has 7 nitrogen and oxygen atoms in total. The number of ether oxygens (including phenoxy) is 1. The van der Waals surface area contributed by atoms with Crippen LogP contribution in [0.5, 0.6) is 0 Å². The number of nitro groups is 1. The van der Waals surface area contributed by atoms with Gasteiger partial charge in [0.05, 0.1) is 15.5 Å². The smallest absolute Gasteiger partial charge is 0.408 e. The fourth-order valence-electron chi connectivity index (χ4n) is 1.60. The van der Waals surface area contributed by atoms with Gasteiger partial charge in [0, 0.05) is 6.07 Å². The molecule has 1 amide bonds. The van der Waals surface area contributed by atoms with Gasteiger partial charge in [0.25, 0.3) is 5.69 Å². The van der Waals surface area contributed by atoms with Gasteiger partial charge in [0.2, 0.25) is 0 Å². The van der Waals surface area contributed by atoms with Crippen LogP contribution < -0.4 is 5.32 Å². The summed E-state index contributed by atoms with van der Waals surface area (Å²) in [6.45, 7) is 4.96. The highest BCUT2D eigenvalue weighted by atomic mass is 35.5. The number of rotatable bonds is 4. The molecule has 0 saturated heterocycles. The molecule has 1 aromatic carbocycles. The van der Waals surface area contributed by atoms with Crippen molar-refractivity contribution < 1.29 is 19.2 Å². The van der Waals surface area contributed by atoms with Crippen LogP contribution in [0, 0.1) is 10.1 Å². The number of carbonyl (C=O) groups excluding carboxylic acids is 2. The second kappa shape index (κ2) is 6.53. The van der Waals surface area contributed by atoms with Crippen LogP contribution in [0.25, 0.3) is 0 Å². The van der Waals surface area contributed by atoms with Gasteiger partial charge in [0.1, 0.15) is 17.9 Å². The molecule has 0 spiro atoms. The van der Waals surface area contributed by atoms with Gasteiger partial charge in [-0.2, -0.15) is 0 Å². The van der Waals surface area contributed by atoms with Crippen LogP contribution in [0.15, 0.2) is 18.2 Å². The van der Waals surface area contributed by atoms with Gasteiger partial charge in [-0.05, 0) is 26.8 Å². The van der Waals surface area contributed by atoms with Crippen molar-refractivity contribution in [2.45, 2.75) is 32.4 Å². The Bertz CT molecular complexity index is 568. The molecule has 1 rings (SSSR count). The molecule has 0 saturated carbocycles. The first-order chi connectivity index (χ1) is 9.65. The van der Waals surface area contributed by atoms with Crippen LogP contribution in [0.4, 0.5) is 10.5 Å². The maximum Gasteiger partial charge on any atom is 0.408 e. The van der Waals surface area contributed by atoms with Crippen LogP contribution >= 0.6 is 11.6 Å². The normalized spacial score (nSPS) is 12.4. The zero-order chi connectivity index (χ0) is 16.2. The largest absolute Gasteiger partial charge is 0.444 e. The van der Waals surface area contributed by atoms with Gasteiger partial charge in [-0.15, -0.1) is 0 Å². The number of nitrogens with one attached hydrogen (secondary N) is 1. The highest BCUT2D eigenvalue weighted by molar-refractivity contribution is 6.32. The lowest BCUT2D eigenvalue weighted by molar-refractivity contribution is -0.385. The van der Waals surface area contributed by atoms with E-state index in [9.17, 15) is 19.7 Å². The Labute approximate surface area is 126 Å². The zero-order valence-corrected chi connectivity index (χ0v) is 12.5. The summed E-state index contributed by atoms with van der Waals surface area (Å²) in [5, 5.41) is 13.3. The summed E-state index contributed by atoms with van der Waals surface area (Å²) in [6, 6.07) is 2.72. The molecule has 1 N–H and O–H groups in total. The average molecular weight is 315 g/mol. The van der Waals surface area contributed by atoms with E-state index in [0.29, 0.717) is 6.29 Å². The first-order valence-corrected chi connectivity index (χ1v) is 6.41. The van der Waals surface area contributed by atoms with E-state index in [4.69, 9.17) is 16.3 Å². The number of amides is 1. The number of halogens is 1. The van der Waals surface area contributed by atoms with Crippen molar-refractivity contribution in [3.63, 3.8) is 0 Å². The molecular weight excluding hydrogens is 300 g/mol. The summed E-state index contributed by atoms with van der Waals surface area (Å²) in [6.07, 6.45) is -0.508. The van der Waals surface area contributed by atoms with Gasteiger partial charge in [-0.3, -0.25) is 10.1 Å². The number of benzene rings is 1. The third kappa shape index (κ3) is 4.71. The molecule has 0 radical (unpaired) electrons. The number of alkyl carbamates (subject to hydrolysis) is 1. The number of hydrogen-bond acceptors (Lipinski definition) is 5. The van der Waals surface area contributed by atoms with Crippen molar-refractivity contribution in [3.8, 4) is 0 Å². The number of hydrogen-bond donors (Lipinski definition) is 1. The summed E-state index contributed by atoms with van der Waals surface area (Å²) >= 11 is 5.91. The van der Waals surface area contributed by atoms with E-state index in [-0.39, 0.29) is 16.3 Å². The monoisotopic (exact) mass is 314 g/mol. The quantitative estimate of drug-likeness (QED) is 0.523. The highest BCUT2D eigenvalue weighted by Gasteiger charge is 2.27. The SMILES string of the molecule is CC(C)(C)OC(=O)NC(C=O)c1c(Cl)cccc1[N+](=O)[O-]. The van der Waals surface area contributed by atoms with E-state index in [0.717, 1.165) is 0 Å². The summed E-state index contributed by atoms with van der Waals surface area (Å²) in [5.41, 5.74) is -1.19. The summed E-state index contributed by atoms with van der Waals surface area (Å²) < 4.78 is 5.01. The number of nitrogens with zero attached hydrogens (tertiary/aromatic N) is 1. The van der Waals surface area contributed by atoms with Gasteiger partial charge in [0.15, 0.2) is 0 Å². The van der Waals surface area contributed by atoms with Crippen molar-refractivity contribution in [2.24, 2.45) is 0 Å². The van der Waals surface area contributed by atoms with E-state index in [1.807, 2.05) is 0 Å². The molecule has 0 aromatic heterocycles. The van der Waals surface area contributed by atoms with Crippen molar-refractivity contribution in [1.82, 2.24) is 5.32 Å². The van der Waals surface area contributed by atoms with Crippen molar-refractivity contribution in [1.29, 1.82) is 0 Å². The fraction of sp³-hybridized carbons (Fsp3) is 0.385. The predicted molar refractivity (Wildman–Crippen MR) is 76.3 cm³/mol. The Morgan fingerprint density at radius 2 is 2.10 bits per heavy atom. The number of nitro benzene ring substituents is 1. The Morgan fingerprint density at radius 3 is 2.57 bits per heavy atom. The maximum absolute atomic E-state index is 11.7. The molecule has 21 heavy (non-hydrogen) atoms. The lowest BCUT2D eigenvalue weighted by Gasteiger charge is -2.21. The number of aldehydes is 1. The van der Waals surface area contributed by atoms with Crippen molar-refractivity contribution in [2.75, 3.05) is 0 Å². The van der Waals surface area contributed by atoms with E-state index in [2.05, 4.69) is 5.32 Å². The van der Waals surface area contributed by atoms with E-state index in [1.54, 1.807) is 20.8 Å². The van der Waals surface area contributed by atoms with Crippen LogP contribution in [-0.4, -0.2) is 22.9 Å². The van der Waals surface area contributed by atoms with E-state index >= 15 is 0 Å². The minimum Gasteiger partial charge on any atom is -0.444 e. The van der Waals surface area contributed by atoms with Crippen LogP contribution in [-0.2, 0) is 9.53 Å². The second-order valence-electron chi connectivity index (χ2n) is 5.19. The highest BCUT2D eigenvalue weighted by Crippen LogP contribution is 2.31. The molecule has 114 valence electrons. The van der Waals surface area contributed by atoms with Gasteiger partial charge in [-0.25, -0.2) is 4.79 Å². The first kappa shape index (κ1) is 16.9. The molecule has 0 aliphatic carbocycles. The second-order valence-corrected chi connectivity index (χ2v) is 5.60. The van der Waals surface area contributed by atoms with Gasteiger partial charge >= 0.3 is 6.09 Å². The van der Waals surface area contributed by atoms with Crippen LogP contribution in [0.1, 0.15) is 32.4 Å². The lowest BCUT2D eigenvalue weighted by atomic mass is 10.1. The summed E-state index contributed by atoms with van der Waals surface area (Å²) in [5.74, 6) is 0. The minimum atomic E-state index is -1.27. The van der Waals surface area contributed by atoms with Crippen LogP contribution in [0.2, 0.25) is 5.02 Å². The Balaban J connectivity index is 3.09. The zero-order valence-electron chi connectivity index (χ0n) is 11.8. The molecule has 0 fully saturated rings. The molecule has 0 aliphatic rings. The first-order valence-electron chi connectivity index (χ1n) is 6.03. The van der Waals surface area contributed by atoms with Crippen LogP contribution in [0.3, 0.4) is 0 Å². The Morgan fingerprint density at radius 1 is 1.48 bits per heavy atom. The third-order valence-corrected chi connectivity index (χ3v) is 2.68. The molecule has 1 aromatic rings. The lowest BCUT2D eigenvalue weighted by Crippen LogP contribution is -2.35. The summed E-state index contributed by atoms with van der Waals surface area (Å²) in [7, 11) is 0. The maximum atomic E-state index is 11.7.